The molecule has 112 valence electrons. The number of rotatable bonds is 2. The maximum atomic E-state index is 9.75. The lowest BCUT2D eigenvalue weighted by Gasteiger charge is -2.16. The molecule has 0 bridgehead atoms. The molecule has 3 heterocycles. The molecule has 1 aliphatic heterocycles. The fourth-order valence-electron chi connectivity index (χ4n) is 3.03. The second-order valence-corrected chi connectivity index (χ2v) is 5.87. The number of β-amino-alcohol motifs (C(OH)–C–C–N with tert-alkyl or cyclic N) is 1. The first kappa shape index (κ1) is 13.3. The van der Waals surface area contributed by atoms with Crippen LogP contribution < -0.4 is 4.90 Å². The summed E-state index contributed by atoms with van der Waals surface area (Å²) in [5.74, 6) is 0.894. The molecule has 0 spiro atoms. The second-order valence-electron chi connectivity index (χ2n) is 5.87. The topological polar surface area (TPSA) is 53.7 Å². The lowest BCUT2D eigenvalue weighted by molar-refractivity contribution is 0.198. The van der Waals surface area contributed by atoms with Crippen molar-refractivity contribution in [3.63, 3.8) is 0 Å². The lowest BCUT2D eigenvalue weighted by Crippen LogP contribution is -2.22. The Kier molecular flexibility index (Phi) is 3.08. The van der Waals surface area contributed by atoms with Crippen molar-refractivity contribution in [3.8, 4) is 11.3 Å². The fraction of sp³-hybridized carbons (Fsp3) is 0.294. The van der Waals surface area contributed by atoms with Crippen LogP contribution >= 0.6 is 0 Å². The van der Waals surface area contributed by atoms with Crippen LogP contribution in [0, 0.1) is 6.92 Å². The number of benzene rings is 1. The minimum Gasteiger partial charge on any atom is -0.391 e. The van der Waals surface area contributed by atoms with Crippen LogP contribution in [-0.2, 0) is 0 Å². The van der Waals surface area contributed by atoms with Crippen LogP contribution in [-0.4, -0.2) is 38.9 Å². The summed E-state index contributed by atoms with van der Waals surface area (Å²) in [7, 11) is 0. The monoisotopic (exact) mass is 294 g/mol. The molecular formula is C17H18N4O. The molecule has 0 radical (unpaired) electrons. The van der Waals surface area contributed by atoms with Crippen molar-refractivity contribution in [3.05, 3.63) is 48.3 Å². The summed E-state index contributed by atoms with van der Waals surface area (Å²) in [6.45, 7) is 3.55. The van der Waals surface area contributed by atoms with E-state index in [1.165, 1.54) is 5.56 Å². The van der Waals surface area contributed by atoms with Crippen LogP contribution in [0.4, 0.5) is 5.82 Å². The molecule has 5 heteroatoms. The zero-order chi connectivity index (χ0) is 15.1. The number of nitrogens with zero attached hydrogens (tertiary/aromatic N) is 4. The molecule has 0 amide bonds. The third-order valence-electron chi connectivity index (χ3n) is 4.15. The first-order valence-electron chi connectivity index (χ1n) is 7.55. The number of anilines is 1. The van der Waals surface area contributed by atoms with Gasteiger partial charge in [-0.15, -0.1) is 0 Å². The number of aliphatic hydroxyl groups is 1. The molecule has 1 atom stereocenters. The Morgan fingerprint density at radius 1 is 1.27 bits per heavy atom. The minimum atomic E-state index is -0.263. The molecule has 1 aliphatic rings. The highest BCUT2D eigenvalue weighted by Gasteiger charge is 2.23. The van der Waals surface area contributed by atoms with Gasteiger partial charge in [0, 0.05) is 31.0 Å². The van der Waals surface area contributed by atoms with Crippen molar-refractivity contribution >= 4 is 11.3 Å². The zero-order valence-corrected chi connectivity index (χ0v) is 12.5. The van der Waals surface area contributed by atoms with Gasteiger partial charge in [-0.05, 0) is 25.5 Å². The molecule has 0 saturated carbocycles. The smallest absolute Gasteiger partial charge is 0.154 e. The van der Waals surface area contributed by atoms with Gasteiger partial charge in [0.25, 0.3) is 0 Å². The molecule has 0 aliphatic carbocycles. The van der Waals surface area contributed by atoms with Crippen LogP contribution in [0.5, 0.6) is 0 Å². The first-order chi connectivity index (χ1) is 10.7. The maximum absolute atomic E-state index is 9.75. The van der Waals surface area contributed by atoms with Crippen molar-refractivity contribution in [1.82, 2.24) is 14.6 Å². The Morgan fingerprint density at radius 3 is 2.95 bits per heavy atom. The maximum Gasteiger partial charge on any atom is 0.154 e. The van der Waals surface area contributed by atoms with Gasteiger partial charge in [-0.3, -0.25) is 0 Å². The van der Waals surface area contributed by atoms with E-state index in [0.29, 0.717) is 6.54 Å². The second kappa shape index (κ2) is 5.10. The Balaban J connectivity index is 1.81. The number of aliphatic hydroxyl groups excluding tert-OH is 1. The summed E-state index contributed by atoms with van der Waals surface area (Å²) in [6, 6.07) is 10.4. The molecule has 22 heavy (non-hydrogen) atoms. The van der Waals surface area contributed by atoms with Crippen LogP contribution in [0.3, 0.4) is 0 Å². The quantitative estimate of drug-likeness (QED) is 0.788. The molecule has 1 saturated heterocycles. The highest BCUT2D eigenvalue weighted by Crippen LogP contribution is 2.27. The van der Waals surface area contributed by atoms with E-state index < -0.39 is 0 Å². The highest BCUT2D eigenvalue weighted by atomic mass is 16.3. The normalized spacial score (nSPS) is 18.3. The average molecular weight is 294 g/mol. The van der Waals surface area contributed by atoms with Gasteiger partial charge in [-0.2, -0.15) is 5.10 Å². The van der Waals surface area contributed by atoms with E-state index in [9.17, 15) is 5.11 Å². The Morgan fingerprint density at radius 2 is 2.18 bits per heavy atom. The van der Waals surface area contributed by atoms with E-state index in [1.54, 1.807) is 6.20 Å². The van der Waals surface area contributed by atoms with Crippen LogP contribution in [0.25, 0.3) is 16.8 Å². The van der Waals surface area contributed by atoms with Crippen molar-refractivity contribution in [2.24, 2.45) is 0 Å². The van der Waals surface area contributed by atoms with E-state index in [4.69, 9.17) is 0 Å². The number of aryl methyl sites for hydroxylation is 1. The Hall–Kier alpha value is -2.40. The molecule has 3 aromatic rings. The summed E-state index contributed by atoms with van der Waals surface area (Å²) < 4.78 is 1.87. The standard InChI is InChI=1S/C17H18N4O/c1-12-3-2-4-13(9-12)15-10-16-17(18-6-8-21(16)19-15)20-7-5-14(22)11-20/h2-4,6,8-10,14,22H,5,7,11H2,1H3. The Labute approximate surface area is 128 Å². The van der Waals surface area contributed by atoms with E-state index in [2.05, 4.69) is 46.2 Å². The fourth-order valence-corrected chi connectivity index (χ4v) is 3.03. The number of hydrogen-bond acceptors (Lipinski definition) is 4. The van der Waals surface area contributed by atoms with Crippen molar-refractivity contribution < 1.29 is 5.11 Å². The van der Waals surface area contributed by atoms with E-state index in [0.717, 1.165) is 35.6 Å². The number of hydrogen-bond donors (Lipinski definition) is 1. The van der Waals surface area contributed by atoms with Gasteiger partial charge in [0.05, 0.1) is 11.8 Å². The van der Waals surface area contributed by atoms with Gasteiger partial charge in [-0.1, -0.05) is 23.8 Å². The summed E-state index contributed by atoms with van der Waals surface area (Å²) in [5.41, 5.74) is 4.25. The third kappa shape index (κ3) is 2.23. The van der Waals surface area contributed by atoms with Gasteiger partial charge in [0.15, 0.2) is 5.82 Å². The van der Waals surface area contributed by atoms with Crippen LogP contribution in [0.2, 0.25) is 0 Å². The molecule has 1 fully saturated rings. The van der Waals surface area contributed by atoms with Crippen molar-refractivity contribution in [1.29, 1.82) is 0 Å². The largest absolute Gasteiger partial charge is 0.391 e. The summed E-state index contributed by atoms with van der Waals surface area (Å²) in [5, 5.41) is 14.4. The third-order valence-corrected chi connectivity index (χ3v) is 4.15. The minimum absolute atomic E-state index is 0.263. The molecule has 4 rings (SSSR count). The molecule has 5 nitrogen and oxygen atoms in total. The predicted octanol–water partition coefficient (Wildman–Crippen LogP) is 2.28. The molecule has 1 unspecified atom stereocenters. The van der Waals surface area contributed by atoms with Gasteiger partial charge in [0.1, 0.15) is 5.52 Å². The average Bonchev–Trinajstić information content (AvgIpc) is 3.13. The first-order valence-corrected chi connectivity index (χ1v) is 7.55. The molecular weight excluding hydrogens is 276 g/mol. The van der Waals surface area contributed by atoms with Crippen molar-refractivity contribution in [2.45, 2.75) is 19.4 Å². The number of aromatic nitrogens is 3. The summed E-state index contributed by atoms with van der Waals surface area (Å²) in [6.07, 6.45) is 4.16. The molecule has 1 aromatic carbocycles. The zero-order valence-electron chi connectivity index (χ0n) is 12.5. The van der Waals surface area contributed by atoms with E-state index in [-0.39, 0.29) is 6.10 Å². The van der Waals surface area contributed by atoms with Gasteiger partial charge in [-0.25, -0.2) is 9.50 Å². The molecule has 2 aromatic heterocycles. The van der Waals surface area contributed by atoms with Gasteiger partial charge < -0.3 is 10.0 Å². The number of fused-ring (bicyclic) bond motifs is 1. The van der Waals surface area contributed by atoms with Crippen molar-refractivity contribution in [2.75, 3.05) is 18.0 Å². The molecule has 1 N–H and O–H groups in total. The summed E-state index contributed by atoms with van der Waals surface area (Å²) in [4.78, 5) is 6.63. The Bertz CT molecular complexity index is 826. The van der Waals surface area contributed by atoms with Crippen LogP contribution in [0.1, 0.15) is 12.0 Å². The van der Waals surface area contributed by atoms with E-state index >= 15 is 0 Å². The highest BCUT2D eigenvalue weighted by molar-refractivity contribution is 5.75. The van der Waals surface area contributed by atoms with Gasteiger partial charge >= 0.3 is 0 Å². The van der Waals surface area contributed by atoms with E-state index in [1.807, 2.05) is 16.8 Å². The SMILES string of the molecule is Cc1cccc(-c2cc3c(N4CCC(O)C4)nccn3n2)c1. The summed E-state index contributed by atoms with van der Waals surface area (Å²) >= 11 is 0. The lowest BCUT2D eigenvalue weighted by atomic mass is 10.1. The van der Waals surface area contributed by atoms with Crippen LogP contribution in [0.15, 0.2) is 42.7 Å². The van der Waals surface area contributed by atoms with Gasteiger partial charge in [0.2, 0.25) is 0 Å². The predicted molar refractivity (Wildman–Crippen MR) is 86.0 cm³/mol.